The van der Waals surface area contributed by atoms with Gasteiger partial charge in [0.2, 0.25) is 0 Å². The van der Waals surface area contributed by atoms with E-state index in [9.17, 15) is 20.6 Å². The standard InChI is InChI=1S/C32H17N3O2/c1-18-7-9-23-24-11-12-26(32(36)37-17-19-5-3-2-4-6-19)29-22(16-35)13-21(15-34)28(31(24)29)25-10-8-20(14-33)27(18)30(23)25/h2-13H,17H2,1H3. The van der Waals surface area contributed by atoms with Gasteiger partial charge in [-0.05, 0) is 57.8 Å². The molecule has 0 aromatic heterocycles. The van der Waals surface area contributed by atoms with Crippen LogP contribution in [0.5, 0.6) is 0 Å². The Bertz CT molecular complexity index is 2040. The SMILES string of the molecule is Cc1ccc2c3ccc(C(=O)OCc4ccccc4)c4c(C#N)cc(C#N)c(c5ccc(C#N)c1c25)c43. The van der Waals surface area contributed by atoms with Crippen molar-refractivity contribution in [3.8, 4) is 18.2 Å². The fraction of sp³-hybridized carbons (Fsp3) is 0.0625. The molecule has 0 aliphatic heterocycles. The summed E-state index contributed by atoms with van der Waals surface area (Å²) in [5.74, 6) is -0.540. The minimum absolute atomic E-state index is 0.103. The van der Waals surface area contributed by atoms with Crippen molar-refractivity contribution in [1.29, 1.82) is 15.8 Å². The van der Waals surface area contributed by atoms with Crippen molar-refractivity contribution in [2.75, 3.05) is 0 Å². The molecule has 0 N–H and O–H groups in total. The van der Waals surface area contributed by atoms with E-state index in [4.69, 9.17) is 4.74 Å². The van der Waals surface area contributed by atoms with Gasteiger partial charge in [0.15, 0.2) is 0 Å². The van der Waals surface area contributed by atoms with Crippen LogP contribution in [0.4, 0.5) is 0 Å². The van der Waals surface area contributed by atoms with E-state index in [1.54, 1.807) is 18.2 Å². The lowest BCUT2D eigenvalue weighted by Crippen LogP contribution is -2.07. The molecule has 0 saturated heterocycles. The molecule has 172 valence electrons. The van der Waals surface area contributed by atoms with E-state index in [-0.39, 0.29) is 17.7 Å². The number of hydrogen-bond acceptors (Lipinski definition) is 5. The summed E-state index contributed by atoms with van der Waals surface area (Å²) in [4.78, 5) is 13.3. The Kier molecular flexibility index (Phi) is 4.97. The monoisotopic (exact) mass is 475 g/mol. The first-order valence-electron chi connectivity index (χ1n) is 11.7. The number of hydrogen-bond donors (Lipinski definition) is 0. The molecule has 5 heteroatoms. The molecule has 0 saturated carbocycles. The van der Waals surface area contributed by atoms with Gasteiger partial charge in [-0.15, -0.1) is 0 Å². The molecule has 0 atom stereocenters. The summed E-state index contributed by atoms with van der Waals surface area (Å²) in [6.45, 7) is 2.07. The number of rotatable bonds is 3. The second kappa shape index (κ2) is 8.35. The number of nitriles is 3. The molecule has 0 aliphatic carbocycles. The van der Waals surface area contributed by atoms with E-state index in [1.165, 1.54) is 0 Å². The average Bonchev–Trinajstić information content (AvgIpc) is 2.95. The smallest absolute Gasteiger partial charge is 0.339 e. The Morgan fingerprint density at radius 1 is 0.676 bits per heavy atom. The van der Waals surface area contributed by atoms with Gasteiger partial charge in [0.25, 0.3) is 0 Å². The van der Waals surface area contributed by atoms with Gasteiger partial charge in [-0.1, -0.05) is 54.6 Å². The number of carbonyl (C=O) groups excluding carboxylic acids is 1. The van der Waals surface area contributed by atoms with Crippen LogP contribution in [-0.4, -0.2) is 5.97 Å². The van der Waals surface area contributed by atoms with Crippen LogP contribution in [0.15, 0.2) is 72.8 Å². The molecule has 6 aromatic rings. The van der Waals surface area contributed by atoms with Crippen molar-refractivity contribution in [2.45, 2.75) is 13.5 Å². The molecular formula is C32H17N3O2. The summed E-state index contributed by atoms with van der Waals surface area (Å²) in [6, 6.07) is 28.8. The van der Waals surface area contributed by atoms with Crippen LogP contribution in [-0.2, 0) is 11.3 Å². The Morgan fingerprint density at radius 2 is 1.32 bits per heavy atom. The fourth-order valence-corrected chi connectivity index (χ4v) is 5.41. The summed E-state index contributed by atoms with van der Waals surface area (Å²) in [5.41, 5.74) is 3.24. The number of esters is 1. The molecule has 0 amide bonds. The van der Waals surface area contributed by atoms with Crippen LogP contribution >= 0.6 is 0 Å². The van der Waals surface area contributed by atoms with Gasteiger partial charge in [-0.2, -0.15) is 15.8 Å². The van der Waals surface area contributed by atoms with Crippen LogP contribution in [0.1, 0.15) is 38.2 Å². The van der Waals surface area contributed by atoms with E-state index in [0.29, 0.717) is 27.3 Å². The van der Waals surface area contributed by atoms with Crippen LogP contribution in [0.2, 0.25) is 0 Å². The first kappa shape index (κ1) is 22.1. The lowest BCUT2D eigenvalue weighted by Gasteiger charge is -2.19. The molecule has 6 rings (SSSR count). The molecule has 6 aromatic carbocycles. The highest BCUT2D eigenvalue weighted by atomic mass is 16.5. The third-order valence-corrected chi connectivity index (χ3v) is 7.01. The average molecular weight is 476 g/mol. The third kappa shape index (κ3) is 3.18. The lowest BCUT2D eigenvalue weighted by molar-refractivity contribution is 0.0475. The highest BCUT2D eigenvalue weighted by molar-refractivity contribution is 6.36. The number of nitrogens with zero attached hydrogens (tertiary/aromatic N) is 3. The van der Waals surface area contributed by atoms with Crippen LogP contribution in [0, 0.1) is 40.9 Å². The topological polar surface area (TPSA) is 97.7 Å². The molecule has 0 aliphatic rings. The first-order chi connectivity index (χ1) is 18.1. The van der Waals surface area contributed by atoms with E-state index in [2.05, 4.69) is 18.2 Å². The van der Waals surface area contributed by atoms with Gasteiger partial charge >= 0.3 is 5.97 Å². The molecule has 0 bridgehead atoms. The summed E-state index contributed by atoms with van der Waals surface area (Å²) in [5, 5.41) is 36.0. The van der Waals surface area contributed by atoms with Crippen molar-refractivity contribution < 1.29 is 9.53 Å². The number of ether oxygens (including phenoxy) is 1. The van der Waals surface area contributed by atoms with Crippen LogP contribution in [0.25, 0.3) is 43.1 Å². The Morgan fingerprint density at radius 3 is 2.05 bits per heavy atom. The van der Waals surface area contributed by atoms with E-state index in [0.717, 1.165) is 38.1 Å². The van der Waals surface area contributed by atoms with Crippen molar-refractivity contribution in [3.63, 3.8) is 0 Å². The second-order valence-electron chi connectivity index (χ2n) is 9.00. The van der Waals surface area contributed by atoms with Gasteiger partial charge in [-0.3, -0.25) is 0 Å². The summed E-state index contributed by atoms with van der Waals surface area (Å²) in [6.07, 6.45) is 0. The maximum absolute atomic E-state index is 13.3. The zero-order valence-corrected chi connectivity index (χ0v) is 19.8. The highest BCUT2D eigenvalue weighted by Gasteiger charge is 2.24. The zero-order valence-electron chi connectivity index (χ0n) is 19.8. The maximum Gasteiger partial charge on any atom is 0.339 e. The van der Waals surface area contributed by atoms with Gasteiger partial charge in [-0.25, -0.2) is 4.79 Å². The third-order valence-electron chi connectivity index (χ3n) is 7.01. The van der Waals surface area contributed by atoms with Crippen molar-refractivity contribution in [2.24, 2.45) is 0 Å². The Balaban J connectivity index is 1.73. The van der Waals surface area contributed by atoms with E-state index in [1.807, 2.05) is 61.5 Å². The predicted octanol–water partition coefficient (Wildman–Crippen LogP) is 7.02. The molecule has 0 radical (unpaired) electrons. The Hall–Kier alpha value is -5.44. The van der Waals surface area contributed by atoms with E-state index >= 15 is 0 Å². The molecular weight excluding hydrogens is 458 g/mol. The molecule has 0 fully saturated rings. The number of carbonyl (C=O) groups is 1. The highest BCUT2D eigenvalue weighted by Crippen LogP contribution is 2.45. The minimum Gasteiger partial charge on any atom is -0.457 e. The van der Waals surface area contributed by atoms with Crippen LogP contribution < -0.4 is 0 Å². The minimum atomic E-state index is -0.540. The summed E-state index contributed by atoms with van der Waals surface area (Å²) >= 11 is 0. The zero-order chi connectivity index (χ0) is 25.7. The van der Waals surface area contributed by atoms with Crippen molar-refractivity contribution in [1.82, 2.24) is 0 Å². The molecule has 0 unspecified atom stereocenters. The second-order valence-corrected chi connectivity index (χ2v) is 9.00. The number of aryl methyl sites for hydroxylation is 1. The summed E-state index contributed by atoms with van der Waals surface area (Å²) in [7, 11) is 0. The number of benzene rings is 6. The first-order valence-corrected chi connectivity index (χ1v) is 11.7. The van der Waals surface area contributed by atoms with E-state index < -0.39 is 5.97 Å². The Labute approximate surface area is 212 Å². The van der Waals surface area contributed by atoms with Gasteiger partial charge in [0, 0.05) is 21.5 Å². The normalized spacial score (nSPS) is 11.0. The van der Waals surface area contributed by atoms with Crippen molar-refractivity contribution >= 4 is 49.1 Å². The number of fused-ring (bicyclic) bond motifs is 2. The largest absolute Gasteiger partial charge is 0.457 e. The summed E-state index contributed by atoms with van der Waals surface area (Å²) < 4.78 is 5.63. The van der Waals surface area contributed by atoms with Crippen LogP contribution in [0.3, 0.4) is 0 Å². The maximum atomic E-state index is 13.3. The fourth-order valence-electron chi connectivity index (χ4n) is 5.41. The molecule has 5 nitrogen and oxygen atoms in total. The molecule has 0 spiro atoms. The van der Waals surface area contributed by atoms with Gasteiger partial charge in [0.05, 0.1) is 40.5 Å². The predicted molar refractivity (Wildman–Crippen MR) is 142 cm³/mol. The van der Waals surface area contributed by atoms with Crippen molar-refractivity contribution in [3.05, 3.63) is 106 Å². The quantitative estimate of drug-likeness (QED) is 0.156. The lowest BCUT2D eigenvalue weighted by atomic mass is 9.83. The van der Waals surface area contributed by atoms with Gasteiger partial charge in [0.1, 0.15) is 6.61 Å². The molecule has 37 heavy (non-hydrogen) atoms. The molecule has 0 heterocycles. The van der Waals surface area contributed by atoms with Gasteiger partial charge < -0.3 is 4.74 Å².